The average molecular weight is 411 g/mol. The summed E-state index contributed by atoms with van der Waals surface area (Å²) < 4.78 is 28.3. The van der Waals surface area contributed by atoms with Crippen molar-refractivity contribution in [1.82, 2.24) is 19.9 Å². The maximum Gasteiger partial charge on any atom is 0.256 e. The van der Waals surface area contributed by atoms with Gasteiger partial charge in [0, 0.05) is 25.1 Å². The first-order valence-electron chi connectivity index (χ1n) is 10.4. The van der Waals surface area contributed by atoms with Gasteiger partial charge in [-0.05, 0) is 42.9 Å². The number of benzene rings is 1. The van der Waals surface area contributed by atoms with E-state index in [1.54, 1.807) is 10.7 Å². The van der Waals surface area contributed by atoms with Gasteiger partial charge in [-0.3, -0.25) is 4.79 Å². The predicted octanol–water partition coefficient (Wildman–Crippen LogP) is 4.14. The Bertz CT molecular complexity index is 1090. The van der Waals surface area contributed by atoms with E-state index in [-0.39, 0.29) is 43.7 Å². The standard InChI is InChI=1S/C22H23F2N5O/c23-22(24)10-7-15(8-11-22)26-21(30)17-13-25-29-12-9-19(28-20(17)29)27-18-6-5-14-3-1-2-4-16(14)18/h1-4,9,12-13,15,18H,5-8,10-11H2,(H,26,30)(H,27,28). The van der Waals surface area contributed by atoms with Crippen molar-refractivity contribution in [2.45, 2.75) is 56.5 Å². The van der Waals surface area contributed by atoms with Crippen LogP contribution in [0.4, 0.5) is 14.6 Å². The molecule has 2 aromatic heterocycles. The Morgan fingerprint density at radius 2 is 1.93 bits per heavy atom. The Morgan fingerprint density at radius 3 is 2.77 bits per heavy atom. The lowest BCUT2D eigenvalue weighted by atomic mass is 9.92. The maximum atomic E-state index is 13.4. The number of nitrogens with one attached hydrogen (secondary N) is 2. The minimum absolute atomic E-state index is 0.181. The van der Waals surface area contributed by atoms with Gasteiger partial charge in [-0.2, -0.15) is 5.10 Å². The second-order valence-electron chi connectivity index (χ2n) is 8.18. The number of aryl methyl sites for hydroxylation is 1. The summed E-state index contributed by atoms with van der Waals surface area (Å²) in [5.74, 6) is -2.26. The van der Waals surface area contributed by atoms with Crippen LogP contribution in [-0.2, 0) is 6.42 Å². The molecule has 156 valence electrons. The topological polar surface area (TPSA) is 71.3 Å². The highest BCUT2D eigenvalue weighted by Crippen LogP contribution is 2.34. The van der Waals surface area contributed by atoms with Gasteiger partial charge >= 0.3 is 0 Å². The van der Waals surface area contributed by atoms with Gasteiger partial charge in [0.15, 0.2) is 5.65 Å². The molecule has 0 saturated heterocycles. The fourth-order valence-corrected chi connectivity index (χ4v) is 4.44. The van der Waals surface area contributed by atoms with Gasteiger partial charge in [0.05, 0.1) is 12.2 Å². The van der Waals surface area contributed by atoms with Crippen LogP contribution in [0.2, 0.25) is 0 Å². The normalized spacial score (nSPS) is 20.8. The fraction of sp³-hybridized carbons (Fsp3) is 0.409. The van der Waals surface area contributed by atoms with Crippen LogP contribution in [-0.4, -0.2) is 32.5 Å². The first kappa shape index (κ1) is 19.0. The van der Waals surface area contributed by atoms with Crippen molar-refractivity contribution in [2.75, 3.05) is 5.32 Å². The number of fused-ring (bicyclic) bond motifs is 2. The van der Waals surface area contributed by atoms with Crippen LogP contribution in [0.3, 0.4) is 0 Å². The molecule has 1 amide bonds. The van der Waals surface area contributed by atoms with Crippen molar-refractivity contribution >= 4 is 17.4 Å². The zero-order valence-corrected chi connectivity index (χ0v) is 16.4. The summed E-state index contributed by atoms with van der Waals surface area (Å²) in [4.78, 5) is 17.4. The monoisotopic (exact) mass is 411 g/mol. The smallest absolute Gasteiger partial charge is 0.256 e. The zero-order chi connectivity index (χ0) is 20.7. The van der Waals surface area contributed by atoms with Crippen LogP contribution in [0.25, 0.3) is 5.65 Å². The molecule has 1 fully saturated rings. The van der Waals surface area contributed by atoms with E-state index in [0.29, 0.717) is 17.0 Å². The maximum absolute atomic E-state index is 13.4. The molecular formula is C22H23F2N5O. The first-order valence-corrected chi connectivity index (χ1v) is 10.4. The molecule has 8 heteroatoms. The number of anilines is 1. The molecule has 0 bridgehead atoms. The van der Waals surface area contributed by atoms with Gasteiger partial charge in [0.25, 0.3) is 5.91 Å². The third-order valence-corrected chi connectivity index (χ3v) is 6.12. The molecule has 0 radical (unpaired) electrons. The molecule has 2 heterocycles. The van der Waals surface area contributed by atoms with Gasteiger partial charge in [0.2, 0.25) is 5.92 Å². The number of hydrogen-bond donors (Lipinski definition) is 2. The Balaban J connectivity index is 1.33. The summed E-state index contributed by atoms with van der Waals surface area (Å²) in [5, 5.41) is 10.5. The van der Waals surface area contributed by atoms with Gasteiger partial charge in [-0.15, -0.1) is 0 Å². The van der Waals surface area contributed by atoms with Gasteiger partial charge < -0.3 is 10.6 Å². The Morgan fingerprint density at radius 1 is 1.13 bits per heavy atom. The largest absolute Gasteiger partial charge is 0.363 e. The van der Waals surface area contributed by atoms with Crippen molar-refractivity contribution in [3.05, 3.63) is 59.4 Å². The minimum Gasteiger partial charge on any atom is -0.363 e. The van der Waals surface area contributed by atoms with Gasteiger partial charge in [-0.25, -0.2) is 18.3 Å². The summed E-state index contributed by atoms with van der Waals surface area (Å²) in [7, 11) is 0. The second kappa shape index (κ2) is 7.34. The molecule has 5 rings (SSSR count). The molecule has 2 aliphatic carbocycles. The Labute approximate surface area is 172 Å². The molecule has 0 spiro atoms. The highest BCUT2D eigenvalue weighted by atomic mass is 19.3. The number of amides is 1. The van der Waals surface area contributed by atoms with E-state index in [4.69, 9.17) is 0 Å². The Hall–Kier alpha value is -3.03. The molecule has 1 atom stereocenters. The average Bonchev–Trinajstić information content (AvgIpc) is 3.34. The first-order chi connectivity index (χ1) is 14.5. The van der Waals surface area contributed by atoms with Crippen molar-refractivity contribution in [2.24, 2.45) is 0 Å². The molecule has 3 aromatic rings. The third-order valence-electron chi connectivity index (χ3n) is 6.12. The lowest BCUT2D eigenvalue weighted by Crippen LogP contribution is -2.40. The molecule has 1 unspecified atom stereocenters. The zero-order valence-electron chi connectivity index (χ0n) is 16.4. The van der Waals surface area contributed by atoms with E-state index in [2.05, 4.69) is 38.9 Å². The number of rotatable bonds is 4. The van der Waals surface area contributed by atoms with E-state index < -0.39 is 5.92 Å². The van der Waals surface area contributed by atoms with Crippen LogP contribution in [0, 0.1) is 0 Å². The van der Waals surface area contributed by atoms with Gasteiger partial charge in [-0.1, -0.05) is 24.3 Å². The number of halogens is 2. The number of hydrogen-bond acceptors (Lipinski definition) is 4. The summed E-state index contributed by atoms with van der Waals surface area (Å²) in [6.07, 6.45) is 5.43. The molecular weight excluding hydrogens is 388 g/mol. The van der Waals surface area contributed by atoms with E-state index in [0.717, 1.165) is 12.8 Å². The summed E-state index contributed by atoms with van der Waals surface area (Å²) >= 11 is 0. The van der Waals surface area contributed by atoms with Crippen LogP contribution in [0.1, 0.15) is 59.6 Å². The van der Waals surface area contributed by atoms with Crippen LogP contribution >= 0.6 is 0 Å². The predicted molar refractivity (Wildman–Crippen MR) is 109 cm³/mol. The minimum atomic E-state index is -2.62. The summed E-state index contributed by atoms with van der Waals surface area (Å²) in [6.45, 7) is 0. The lowest BCUT2D eigenvalue weighted by Gasteiger charge is -2.28. The van der Waals surface area contributed by atoms with E-state index >= 15 is 0 Å². The van der Waals surface area contributed by atoms with Crippen molar-refractivity contribution in [3.63, 3.8) is 0 Å². The van der Waals surface area contributed by atoms with Crippen LogP contribution in [0.15, 0.2) is 42.7 Å². The highest BCUT2D eigenvalue weighted by Gasteiger charge is 2.35. The van der Waals surface area contributed by atoms with Gasteiger partial charge in [0.1, 0.15) is 11.4 Å². The number of nitrogens with zero attached hydrogens (tertiary/aromatic N) is 3. The third kappa shape index (κ3) is 3.62. The molecule has 0 aliphatic heterocycles. The Kier molecular flexibility index (Phi) is 4.64. The van der Waals surface area contributed by atoms with E-state index in [1.807, 2.05) is 12.1 Å². The number of carbonyl (C=O) groups is 1. The molecule has 2 N–H and O–H groups in total. The molecule has 6 nitrogen and oxygen atoms in total. The highest BCUT2D eigenvalue weighted by molar-refractivity contribution is 5.99. The fourth-order valence-electron chi connectivity index (χ4n) is 4.44. The lowest BCUT2D eigenvalue weighted by molar-refractivity contribution is -0.0399. The second-order valence-corrected chi connectivity index (χ2v) is 8.18. The molecule has 1 saturated carbocycles. The summed E-state index contributed by atoms with van der Waals surface area (Å²) in [6, 6.07) is 10.1. The number of carbonyl (C=O) groups excluding carboxylic acids is 1. The van der Waals surface area contributed by atoms with E-state index in [9.17, 15) is 13.6 Å². The van der Waals surface area contributed by atoms with E-state index in [1.165, 1.54) is 17.3 Å². The number of aromatic nitrogens is 3. The number of alkyl halides is 2. The van der Waals surface area contributed by atoms with Crippen LogP contribution < -0.4 is 10.6 Å². The van der Waals surface area contributed by atoms with Crippen LogP contribution in [0.5, 0.6) is 0 Å². The van der Waals surface area contributed by atoms with Crippen molar-refractivity contribution < 1.29 is 13.6 Å². The molecule has 1 aromatic carbocycles. The summed E-state index contributed by atoms with van der Waals surface area (Å²) in [5.41, 5.74) is 3.42. The quantitative estimate of drug-likeness (QED) is 0.677. The molecule has 2 aliphatic rings. The SMILES string of the molecule is O=C(NC1CCC(F)(F)CC1)c1cnn2ccc(NC3CCc4ccccc43)nc12. The molecule has 30 heavy (non-hydrogen) atoms. The van der Waals surface area contributed by atoms with Crippen molar-refractivity contribution in [1.29, 1.82) is 0 Å². The van der Waals surface area contributed by atoms with Crippen molar-refractivity contribution in [3.8, 4) is 0 Å².